The van der Waals surface area contributed by atoms with Gasteiger partial charge in [-0.1, -0.05) is 0 Å². The van der Waals surface area contributed by atoms with Crippen molar-refractivity contribution in [3.8, 4) is 5.69 Å². The fourth-order valence-electron chi connectivity index (χ4n) is 1.90. The minimum absolute atomic E-state index is 0.265. The smallest absolute Gasteiger partial charge is 0.0832 e. The first-order valence-electron chi connectivity index (χ1n) is 6.21. The molecule has 2 rings (SSSR count). The molecule has 0 aliphatic rings. The van der Waals surface area contributed by atoms with Crippen LogP contribution in [-0.2, 0) is 0 Å². The van der Waals surface area contributed by atoms with Crippen LogP contribution in [0.3, 0.4) is 0 Å². The monoisotopic (exact) mass is 244 g/mol. The first-order chi connectivity index (χ1) is 8.54. The minimum Gasteiger partial charge on any atom is -0.312 e. The van der Waals surface area contributed by atoms with Crippen LogP contribution < -0.4 is 5.32 Å². The lowest BCUT2D eigenvalue weighted by molar-refractivity contribution is 0.632. The third-order valence-electron chi connectivity index (χ3n) is 3.55. The summed E-state index contributed by atoms with van der Waals surface area (Å²) < 4.78 is 1.95. The summed E-state index contributed by atoms with van der Waals surface area (Å²) in [5.41, 5.74) is 5.53. The van der Waals surface area contributed by atoms with E-state index in [0.717, 1.165) is 17.1 Å². The molecule has 0 amide bonds. The number of aryl methyl sites for hydroxylation is 1. The number of nitrogens with one attached hydrogen (secondary N) is 1. The Morgan fingerprint density at radius 3 is 2.39 bits per heavy atom. The highest BCUT2D eigenvalue weighted by Crippen LogP contribution is 2.17. The highest BCUT2D eigenvalue weighted by Gasteiger charge is 2.10. The van der Waals surface area contributed by atoms with Gasteiger partial charge in [-0.15, -0.1) is 0 Å². The van der Waals surface area contributed by atoms with E-state index in [4.69, 9.17) is 0 Å². The molecular formula is C14H20N4. The zero-order valence-corrected chi connectivity index (χ0v) is 11.7. The number of rotatable bonds is 3. The van der Waals surface area contributed by atoms with Crippen LogP contribution in [0.2, 0.25) is 0 Å². The van der Waals surface area contributed by atoms with Crippen LogP contribution in [0, 0.1) is 20.8 Å². The standard InChI is InChI=1S/C14H20N4/c1-9-10(2)17-18(12(9)4)13-6-7-14(16-8-13)11(3)15-5/h6-8,11,15H,1-5H3. The average Bonchev–Trinajstić information content (AvgIpc) is 2.66. The topological polar surface area (TPSA) is 42.7 Å². The van der Waals surface area contributed by atoms with Crippen LogP contribution in [0.15, 0.2) is 18.3 Å². The van der Waals surface area contributed by atoms with Gasteiger partial charge in [0.2, 0.25) is 0 Å². The summed E-state index contributed by atoms with van der Waals surface area (Å²) in [5, 5.41) is 7.72. The molecule has 0 spiro atoms. The molecule has 0 aliphatic carbocycles. The summed E-state index contributed by atoms with van der Waals surface area (Å²) in [7, 11) is 1.94. The van der Waals surface area contributed by atoms with Gasteiger partial charge in [0.1, 0.15) is 0 Å². The van der Waals surface area contributed by atoms with Crippen molar-refractivity contribution in [3.63, 3.8) is 0 Å². The Bertz CT molecular complexity index is 540. The maximum Gasteiger partial charge on any atom is 0.0832 e. The summed E-state index contributed by atoms with van der Waals surface area (Å²) in [6.45, 7) is 8.30. The van der Waals surface area contributed by atoms with E-state index in [1.807, 2.05) is 30.9 Å². The van der Waals surface area contributed by atoms with Gasteiger partial charge >= 0.3 is 0 Å². The van der Waals surface area contributed by atoms with Gasteiger partial charge in [0.15, 0.2) is 0 Å². The molecule has 1 N–H and O–H groups in total. The SMILES string of the molecule is CNC(C)c1ccc(-n2nc(C)c(C)c2C)cn1. The van der Waals surface area contributed by atoms with Crippen LogP contribution in [0.1, 0.15) is 35.6 Å². The van der Waals surface area contributed by atoms with Crippen LogP contribution in [0.5, 0.6) is 0 Å². The molecule has 0 radical (unpaired) electrons. The molecule has 2 heterocycles. The quantitative estimate of drug-likeness (QED) is 0.902. The van der Waals surface area contributed by atoms with Gasteiger partial charge in [-0.3, -0.25) is 4.98 Å². The molecule has 96 valence electrons. The van der Waals surface area contributed by atoms with E-state index >= 15 is 0 Å². The second kappa shape index (κ2) is 4.90. The molecule has 0 aromatic carbocycles. The number of hydrogen-bond donors (Lipinski definition) is 1. The predicted octanol–water partition coefficient (Wildman–Crippen LogP) is 2.47. The summed E-state index contributed by atoms with van der Waals surface area (Å²) >= 11 is 0. The van der Waals surface area contributed by atoms with E-state index in [2.05, 4.69) is 42.2 Å². The van der Waals surface area contributed by atoms with Gasteiger partial charge in [0.05, 0.1) is 23.3 Å². The van der Waals surface area contributed by atoms with E-state index in [1.54, 1.807) is 0 Å². The second-order valence-electron chi connectivity index (χ2n) is 4.66. The van der Waals surface area contributed by atoms with Gasteiger partial charge in [-0.05, 0) is 52.4 Å². The van der Waals surface area contributed by atoms with Crippen molar-refractivity contribution >= 4 is 0 Å². The fraction of sp³-hybridized carbons (Fsp3) is 0.429. The minimum atomic E-state index is 0.265. The Labute approximate surface area is 108 Å². The molecule has 0 bridgehead atoms. The van der Waals surface area contributed by atoms with Crippen LogP contribution >= 0.6 is 0 Å². The lowest BCUT2D eigenvalue weighted by atomic mass is 10.2. The van der Waals surface area contributed by atoms with Gasteiger partial charge in [-0.2, -0.15) is 5.10 Å². The molecule has 1 atom stereocenters. The van der Waals surface area contributed by atoms with Crippen molar-refractivity contribution in [3.05, 3.63) is 41.0 Å². The van der Waals surface area contributed by atoms with Crippen molar-refractivity contribution in [1.82, 2.24) is 20.1 Å². The van der Waals surface area contributed by atoms with Crippen molar-refractivity contribution in [2.45, 2.75) is 33.7 Å². The van der Waals surface area contributed by atoms with E-state index < -0.39 is 0 Å². The summed E-state index contributed by atoms with van der Waals surface area (Å²) in [6, 6.07) is 4.37. The molecule has 18 heavy (non-hydrogen) atoms. The number of aromatic nitrogens is 3. The average molecular weight is 244 g/mol. The first-order valence-corrected chi connectivity index (χ1v) is 6.21. The molecule has 0 saturated carbocycles. The van der Waals surface area contributed by atoms with E-state index in [9.17, 15) is 0 Å². The first kappa shape index (κ1) is 12.8. The molecule has 2 aromatic heterocycles. The fourth-order valence-corrected chi connectivity index (χ4v) is 1.90. The summed E-state index contributed by atoms with van der Waals surface area (Å²) in [5.74, 6) is 0. The Balaban J connectivity index is 2.37. The maximum absolute atomic E-state index is 4.54. The predicted molar refractivity (Wildman–Crippen MR) is 73.0 cm³/mol. The number of hydrogen-bond acceptors (Lipinski definition) is 3. The van der Waals surface area contributed by atoms with E-state index in [1.165, 1.54) is 11.3 Å². The van der Waals surface area contributed by atoms with E-state index in [-0.39, 0.29) is 6.04 Å². The molecule has 0 aliphatic heterocycles. The summed E-state index contributed by atoms with van der Waals surface area (Å²) in [4.78, 5) is 4.48. The van der Waals surface area contributed by atoms with Crippen molar-refractivity contribution < 1.29 is 0 Å². The van der Waals surface area contributed by atoms with Gasteiger partial charge in [0, 0.05) is 11.7 Å². The van der Waals surface area contributed by atoms with Crippen molar-refractivity contribution in [1.29, 1.82) is 0 Å². The van der Waals surface area contributed by atoms with Crippen LogP contribution in [-0.4, -0.2) is 21.8 Å². The number of nitrogens with zero attached hydrogens (tertiary/aromatic N) is 3. The van der Waals surface area contributed by atoms with Crippen LogP contribution in [0.25, 0.3) is 5.69 Å². The zero-order chi connectivity index (χ0) is 13.3. The molecule has 4 nitrogen and oxygen atoms in total. The summed E-state index contributed by atoms with van der Waals surface area (Å²) in [6.07, 6.45) is 1.88. The molecule has 2 aromatic rings. The molecule has 0 fully saturated rings. The molecule has 0 saturated heterocycles. The third-order valence-corrected chi connectivity index (χ3v) is 3.55. The van der Waals surface area contributed by atoms with Gasteiger partial charge < -0.3 is 5.32 Å². The van der Waals surface area contributed by atoms with Gasteiger partial charge in [0.25, 0.3) is 0 Å². The van der Waals surface area contributed by atoms with E-state index in [0.29, 0.717) is 0 Å². The Morgan fingerprint density at radius 2 is 1.94 bits per heavy atom. The third kappa shape index (κ3) is 2.16. The maximum atomic E-state index is 4.54. The van der Waals surface area contributed by atoms with Gasteiger partial charge in [-0.25, -0.2) is 4.68 Å². The molecular weight excluding hydrogens is 224 g/mol. The number of pyridine rings is 1. The van der Waals surface area contributed by atoms with Crippen LogP contribution in [0.4, 0.5) is 0 Å². The Hall–Kier alpha value is -1.68. The Morgan fingerprint density at radius 1 is 1.22 bits per heavy atom. The second-order valence-corrected chi connectivity index (χ2v) is 4.66. The zero-order valence-electron chi connectivity index (χ0n) is 11.7. The highest BCUT2D eigenvalue weighted by atomic mass is 15.3. The largest absolute Gasteiger partial charge is 0.312 e. The lowest BCUT2D eigenvalue weighted by Gasteiger charge is -2.10. The molecule has 4 heteroatoms. The van der Waals surface area contributed by atoms with Crippen molar-refractivity contribution in [2.24, 2.45) is 0 Å². The Kier molecular flexibility index (Phi) is 3.48. The molecule has 1 unspecified atom stereocenters. The highest BCUT2D eigenvalue weighted by molar-refractivity contribution is 5.35. The lowest BCUT2D eigenvalue weighted by Crippen LogP contribution is -2.14. The normalized spacial score (nSPS) is 12.7. The van der Waals surface area contributed by atoms with Crippen molar-refractivity contribution in [2.75, 3.05) is 7.05 Å².